The van der Waals surface area contributed by atoms with E-state index in [1.165, 1.54) is 17.5 Å². The van der Waals surface area contributed by atoms with E-state index in [0.717, 1.165) is 30.7 Å². The number of nitrogens with zero attached hydrogens (tertiary/aromatic N) is 3. The standard InChI is InChI=1S/C13H15N5/c1-9-4-2-3-5-10(9)6-14-12-11-13(16-7-15-11)18-8-17-12/h2-3,7-8H,4-6H2,1H3,(H2,14,15,16,17,18). The summed E-state index contributed by atoms with van der Waals surface area (Å²) in [4.78, 5) is 15.5. The Balaban J connectivity index is 1.79. The van der Waals surface area contributed by atoms with E-state index < -0.39 is 0 Å². The van der Waals surface area contributed by atoms with Crippen molar-refractivity contribution in [3.8, 4) is 0 Å². The van der Waals surface area contributed by atoms with Crippen LogP contribution in [-0.4, -0.2) is 26.5 Å². The highest BCUT2D eigenvalue weighted by Gasteiger charge is 2.08. The van der Waals surface area contributed by atoms with Gasteiger partial charge in [0, 0.05) is 6.54 Å². The van der Waals surface area contributed by atoms with E-state index in [0.29, 0.717) is 5.65 Å². The zero-order chi connectivity index (χ0) is 12.4. The summed E-state index contributed by atoms with van der Waals surface area (Å²) in [5.74, 6) is 0.812. The first kappa shape index (κ1) is 11.0. The Bertz CT molecular complexity index is 623. The molecule has 0 spiro atoms. The first-order valence-electron chi connectivity index (χ1n) is 6.05. The van der Waals surface area contributed by atoms with Crippen LogP contribution in [0.3, 0.4) is 0 Å². The molecule has 92 valence electrons. The van der Waals surface area contributed by atoms with Gasteiger partial charge in [-0.15, -0.1) is 0 Å². The molecule has 18 heavy (non-hydrogen) atoms. The third kappa shape index (κ3) is 1.99. The van der Waals surface area contributed by atoms with Gasteiger partial charge in [0.15, 0.2) is 11.5 Å². The van der Waals surface area contributed by atoms with Crippen molar-refractivity contribution in [2.45, 2.75) is 19.8 Å². The highest BCUT2D eigenvalue weighted by molar-refractivity contribution is 5.82. The van der Waals surface area contributed by atoms with Crippen LogP contribution in [0.5, 0.6) is 0 Å². The summed E-state index contributed by atoms with van der Waals surface area (Å²) in [6.45, 7) is 3.01. The molecule has 0 saturated heterocycles. The second-order valence-corrected chi connectivity index (χ2v) is 4.44. The minimum atomic E-state index is 0.696. The normalized spacial score (nSPS) is 15.4. The second-order valence-electron chi connectivity index (χ2n) is 4.44. The van der Waals surface area contributed by atoms with Gasteiger partial charge >= 0.3 is 0 Å². The molecular formula is C13H15N5. The Morgan fingerprint density at radius 3 is 3.00 bits per heavy atom. The van der Waals surface area contributed by atoms with Crippen LogP contribution in [0.15, 0.2) is 36.0 Å². The minimum Gasteiger partial charge on any atom is -0.364 e. The number of rotatable bonds is 3. The van der Waals surface area contributed by atoms with E-state index in [2.05, 4.69) is 44.3 Å². The lowest BCUT2D eigenvalue weighted by Gasteiger charge is -2.14. The van der Waals surface area contributed by atoms with Crippen LogP contribution in [-0.2, 0) is 0 Å². The molecule has 2 aromatic rings. The largest absolute Gasteiger partial charge is 0.364 e. The molecular weight excluding hydrogens is 226 g/mol. The van der Waals surface area contributed by atoms with Crippen molar-refractivity contribution in [2.24, 2.45) is 0 Å². The van der Waals surface area contributed by atoms with Gasteiger partial charge < -0.3 is 10.3 Å². The molecule has 0 unspecified atom stereocenters. The smallest absolute Gasteiger partial charge is 0.182 e. The first-order valence-corrected chi connectivity index (χ1v) is 6.05. The highest BCUT2D eigenvalue weighted by atomic mass is 15.1. The highest BCUT2D eigenvalue weighted by Crippen LogP contribution is 2.20. The number of hydrogen-bond acceptors (Lipinski definition) is 4. The van der Waals surface area contributed by atoms with Crippen LogP contribution in [0, 0.1) is 0 Å². The molecule has 0 atom stereocenters. The fraction of sp³-hybridized carbons (Fsp3) is 0.308. The summed E-state index contributed by atoms with van der Waals surface area (Å²) >= 11 is 0. The number of allylic oxidation sites excluding steroid dienone is 3. The van der Waals surface area contributed by atoms with Crippen LogP contribution < -0.4 is 5.32 Å². The van der Waals surface area contributed by atoms with Crippen LogP contribution in [0.25, 0.3) is 11.2 Å². The monoisotopic (exact) mass is 241 g/mol. The summed E-state index contributed by atoms with van der Waals surface area (Å²) in [5, 5.41) is 3.36. The number of aromatic nitrogens is 4. The third-order valence-corrected chi connectivity index (χ3v) is 3.25. The molecule has 0 bridgehead atoms. The molecule has 5 nitrogen and oxygen atoms in total. The Morgan fingerprint density at radius 2 is 2.11 bits per heavy atom. The zero-order valence-electron chi connectivity index (χ0n) is 10.3. The van der Waals surface area contributed by atoms with Gasteiger partial charge in [-0.3, -0.25) is 0 Å². The molecule has 0 saturated carbocycles. The molecule has 0 aromatic carbocycles. The summed E-state index contributed by atoms with van der Waals surface area (Å²) in [7, 11) is 0. The number of imidazole rings is 1. The van der Waals surface area contributed by atoms with E-state index in [4.69, 9.17) is 0 Å². The van der Waals surface area contributed by atoms with Gasteiger partial charge in [0.2, 0.25) is 0 Å². The Hall–Kier alpha value is -2.17. The van der Waals surface area contributed by atoms with Gasteiger partial charge in [-0.1, -0.05) is 17.7 Å². The first-order chi connectivity index (χ1) is 8.84. The fourth-order valence-corrected chi connectivity index (χ4v) is 2.12. The molecule has 0 radical (unpaired) electrons. The molecule has 2 aromatic heterocycles. The van der Waals surface area contributed by atoms with Crippen molar-refractivity contribution < 1.29 is 0 Å². The number of nitrogens with one attached hydrogen (secondary N) is 2. The maximum atomic E-state index is 4.25. The van der Waals surface area contributed by atoms with Gasteiger partial charge in [0.05, 0.1) is 6.33 Å². The molecule has 2 heterocycles. The third-order valence-electron chi connectivity index (χ3n) is 3.25. The molecule has 3 rings (SSSR count). The number of fused-ring (bicyclic) bond motifs is 1. The maximum absolute atomic E-state index is 4.25. The predicted molar refractivity (Wildman–Crippen MR) is 71.2 cm³/mol. The van der Waals surface area contributed by atoms with E-state index in [1.807, 2.05) is 0 Å². The summed E-state index contributed by atoms with van der Waals surface area (Å²) < 4.78 is 0. The SMILES string of the molecule is CC1=C(CNc2ncnc3nc[nH]c23)CC=CC1. The van der Waals surface area contributed by atoms with Crippen molar-refractivity contribution >= 4 is 17.0 Å². The van der Waals surface area contributed by atoms with Gasteiger partial charge in [0.25, 0.3) is 0 Å². The van der Waals surface area contributed by atoms with Crippen molar-refractivity contribution in [2.75, 3.05) is 11.9 Å². The van der Waals surface area contributed by atoms with E-state index in [-0.39, 0.29) is 0 Å². The molecule has 5 heteroatoms. The van der Waals surface area contributed by atoms with Crippen molar-refractivity contribution in [3.05, 3.63) is 36.0 Å². The van der Waals surface area contributed by atoms with Crippen molar-refractivity contribution in [1.29, 1.82) is 0 Å². The Kier molecular flexibility index (Phi) is 2.80. The van der Waals surface area contributed by atoms with Gasteiger partial charge in [-0.05, 0) is 25.3 Å². The van der Waals surface area contributed by atoms with Crippen molar-refractivity contribution in [3.63, 3.8) is 0 Å². The van der Waals surface area contributed by atoms with Crippen LogP contribution in [0.2, 0.25) is 0 Å². The molecule has 0 amide bonds. The summed E-state index contributed by atoms with van der Waals surface area (Å²) in [6.07, 6.45) is 9.69. The lowest BCUT2D eigenvalue weighted by Crippen LogP contribution is -2.09. The average molecular weight is 241 g/mol. The van der Waals surface area contributed by atoms with Gasteiger partial charge in [0.1, 0.15) is 11.8 Å². The Labute approximate surface area is 105 Å². The summed E-state index contributed by atoms with van der Waals surface area (Å²) in [6, 6.07) is 0. The van der Waals surface area contributed by atoms with Crippen molar-refractivity contribution in [1.82, 2.24) is 19.9 Å². The molecule has 1 aliphatic rings. The van der Waals surface area contributed by atoms with Gasteiger partial charge in [-0.2, -0.15) is 0 Å². The number of H-pyrrole nitrogens is 1. The van der Waals surface area contributed by atoms with E-state index >= 15 is 0 Å². The number of anilines is 1. The number of hydrogen-bond donors (Lipinski definition) is 2. The molecule has 0 fully saturated rings. The summed E-state index contributed by atoms with van der Waals surface area (Å²) in [5.41, 5.74) is 4.44. The zero-order valence-corrected chi connectivity index (χ0v) is 10.3. The van der Waals surface area contributed by atoms with E-state index in [9.17, 15) is 0 Å². The minimum absolute atomic E-state index is 0.696. The topological polar surface area (TPSA) is 66.5 Å². The second kappa shape index (κ2) is 4.60. The lowest BCUT2D eigenvalue weighted by molar-refractivity contribution is 0.985. The molecule has 0 aliphatic heterocycles. The van der Waals surface area contributed by atoms with Crippen LogP contribution in [0.1, 0.15) is 19.8 Å². The van der Waals surface area contributed by atoms with Gasteiger partial charge in [-0.25, -0.2) is 15.0 Å². The molecule has 2 N–H and O–H groups in total. The van der Waals surface area contributed by atoms with Crippen LogP contribution in [0.4, 0.5) is 5.82 Å². The fourth-order valence-electron chi connectivity index (χ4n) is 2.12. The van der Waals surface area contributed by atoms with Crippen LogP contribution >= 0.6 is 0 Å². The predicted octanol–water partition coefficient (Wildman–Crippen LogP) is 2.43. The quantitative estimate of drug-likeness (QED) is 0.810. The lowest BCUT2D eigenvalue weighted by atomic mass is 9.98. The number of aromatic amines is 1. The Morgan fingerprint density at radius 1 is 1.22 bits per heavy atom. The maximum Gasteiger partial charge on any atom is 0.182 e. The molecule has 1 aliphatic carbocycles. The average Bonchev–Trinajstić information content (AvgIpc) is 2.86. The van der Waals surface area contributed by atoms with E-state index in [1.54, 1.807) is 6.33 Å².